The standard InChI is InChI=1S/C18H23N3O3/c1-18(2,3)17-19-13-10-21(8-7-12(13)16(24)20-17)9-11-5-4-6-14(22)15(11)23/h4-6,22-23H,7-10H2,1-3H3,(H,19,20,24). The van der Waals surface area contributed by atoms with Crippen molar-refractivity contribution in [2.75, 3.05) is 6.54 Å². The number of benzene rings is 1. The fourth-order valence-corrected chi connectivity index (χ4v) is 2.93. The summed E-state index contributed by atoms with van der Waals surface area (Å²) in [6, 6.07) is 4.96. The molecule has 1 aromatic heterocycles. The lowest BCUT2D eigenvalue weighted by Crippen LogP contribution is -2.36. The molecular formula is C18H23N3O3. The van der Waals surface area contributed by atoms with Crippen LogP contribution in [0.3, 0.4) is 0 Å². The van der Waals surface area contributed by atoms with Crippen LogP contribution in [0.4, 0.5) is 0 Å². The third-order valence-electron chi connectivity index (χ3n) is 4.36. The molecule has 0 fully saturated rings. The van der Waals surface area contributed by atoms with Crippen molar-refractivity contribution in [1.29, 1.82) is 0 Å². The maximum absolute atomic E-state index is 12.3. The Balaban J connectivity index is 1.87. The van der Waals surface area contributed by atoms with Crippen molar-refractivity contribution < 1.29 is 10.2 Å². The normalized spacial score (nSPS) is 15.3. The molecule has 6 nitrogen and oxygen atoms in total. The van der Waals surface area contributed by atoms with E-state index in [1.165, 1.54) is 6.07 Å². The molecule has 1 aliphatic rings. The molecule has 6 heteroatoms. The van der Waals surface area contributed by atoms with Crippen LogP contribution in [-0.2, 0) is 24.9 Å². The summed E-state index contributed by atoms with van der Waals surface area (Å²) >= 11 is 0. The number of aromatic nitrogens is 2. The number of phenolic OH excluding ortho intramolecular Hbond substituents is 2. The summed E-state index contributed by atoms with van der Waals surface area (Å²) in [5.41, 5.74) is 1.94. The molecule has 3 N–H and O–H groups in total. The Morgan fingerprint density at radius 1 is 1.29 bits per heavy atom. The van der Waals surface area contributed by atoms with Gasteiger partial charge in [-0.3, -0.25) is 9.69 Å². The summed E-state index contributed by atoms with van der Waals surface area (Å²) < 4.78 is 0. The highest BCUT2D eigenvalue weighted by Gasteiger charge is 2.25. The quantitative estimate of drug-likeness (QED) is 0.734. The third-order valence-corrected chi connectivity index (χ3v) is 4.36. The first-order chi connectivity index (χ1) is 11.3. The molecule has 0 saturated heterocycles. The number of para-hydroxylation sites is 1. The van der Waals surface area contributed by atoms with Gasteiger partial charge in [-0.05, 0) is 12.5 Å². The highest BCUT2D eigenvalue weighted by molar-refractivity contribution is 5.44. The highest BCUT2D eigenvalue weighted by atomic mass is 16.3. The zero-order valence-corrected chi connectivity index (χ0v) is 14.3. The smallest absolute Gasteiger partial charge is 0.254 e. The first kappa shape index (κ1) is 16.5. The molecule has 24 heavy (non-hydrogen) atoms. The zero-order chi connectivity index (χ0) is 17.5. The van der Waals surface area contributed by atoms with E-state index in [1.807, 2.05) is 20.8 Å². The molecule has 1 aliphatic heterocycles. The predicted octanol–water partition coefficient (Wildman–Crippen LogP) is 2.04. The van der Waals surface area contributed by atoms with E-state index in [-0.39, 0.29) is 22.5 Å². The molecule has 0 radical (unpaired) electrons. The second-order valence-corrected chi connectivity index (χ2v) is 7.34. The van der Waals surface area contributed by atoms with Gasteiger partial charge in [-0.2, -0.15) is 0 Å². The van der Waals surface area contributed by atoms with E-state index in [1.54, 1.807) is 12.1 Å². The SMILES string of the molecule is CC(C)(C)c1nc2c(c(=O)[nH]1)CCN(Cc1cccc(O)c1O)C2. The zero-order valence-electron chi connectivity index (χ0n) is 14.3. The van der Waals surface area contributed by atoms with Gasteiger partial charge in [0.15, 0.2) is 11.5 Å². The average molecular weight is 329 g/mol. The van der Waals surface area contributed by atoms with Crippen LogP contribution in [-0.4, -0.2) is 31.6 Å². The first-order valence-corrected chi connectivity index (χ1v) is 8.10. The van der Waals surface area contributed by atoms with Crippen LogP contribution in [0.1, 0.15) is 43.4 Å². The van der Waals surface area contributed by atoms with E-state index in [0.29, 0.717) is 37.4 Å². The molecule has 3 rings (SSSR count). The Bertz CT molecular complexity index is 821. The number of aromatic amines is 1. The second-order valence-electron chi connectivity index (χ2n) is 7.34. The van der Waals surface area contributed by atoms with Crippen molar-refractivity contribution in [2.45, 2.75) is 45.7 Å². The number of fused-ring (bicyclic) bond motifs is 1. The predicted molar refractivity (Wildman–Crippen MR) is 91.1 cm³/mol. The molecule has 0 unspecified atom stereocenters. The van der Waals surface area contributed by atoms with Crippen molar-refractivity contribution in [3.8, 4) is 11.5 Å². The van der Waals surface area contributed by atoms with E-state index in [0.717, 1.165) is 11.3 Å². The number of hydrogen-bond donors (Lipinski definition) is 3. The summed E-state index contributed by atoms with van der Waals surface area (Å²) in [5, 5.41) is 19.6. The van der Waals surface area contributed by atoms with Gasteiger partial charge in [0.1, 0.15) is 5.82 Å². The molecule has 0 aliphatic carbocycles. The fourth-order valence-electron chi connectivity index (χ4n) is 2.93. The number of rotatable bonds is 2. The summed E-state index contributed by atoms with van der Waals surface area (Å²) in [4.78, 5) is 22.0. The van der Waals surface area contributed by atoms with Gasteiger partial charge < -0.3 is 15.2 Å². The van der Waals surface area contributed by atoms with Crippen LogP contribution in [0.5, 0.6) is 11.5 Å². The summed E-state index contributed by atoms with van der Waals surface area (Å²) in [6.45, 7) is 7.81. The van der Waals surface area contributed by atoms with Crippen molar-refractivity contribution in [3.63, 3.8) is 0 Å². The van der Waals surface area contributed by atoms with Gasteiger partial charge >= 0.3 is 0 Å². The highest BCUT2D eigenvalue weighted by Crippen LogP contribution is 2.30. The van der Waals surface area contributed by atoms with Crippen LogP contribution in [0, 0.1) is 0 Å². The van der Waals surface area contributed by atoms with E-state index >= 15 is 0 Å². The van der Waals surface area contributed by atoms with Crippen LogP contribution in [0.15, 0.2) is 23.0 Å². The van der Waals surface area contributed by atoms with Gasteiger partial charge in [0.25, 0.3) is 5.56 Å². The number of aromatic hydroxyl groups is 2. The van der Waals surface area contributed by atoms with E-state index in [2.05, 4.69) is 14.9 Å². The molecule has 2 aromatic rings. The maximum atomic E-state index is 12.3. The van der Waals surface area contributed by atoms with Gasteiger partial charge in [-0.1, -0.05) is 32.9 Å². The van der Waals surface area contributed by atoms with Crippen LogP contribution < -0.4 is 5.56 Å². The number of hydrogen-bond acceptors (Lipinski definition) is 5. The summed E-state index contributed by atoms with van der Waals surface area (Å²) in [5.74, 6) is 0.486. The number of nitrogens with one attached hydrogen (secondary N) is 1. The van der Waals surface area contributed by atoms with Crippen LogP contribution >= 0.6 is 0 Å². The van der Waals surface area contributed by atoms with Gasteiger partial charge in [0.05, 0.1) is 5.69 Å². The topological polar surface area (TPSA) is 89.5 Å². The Morgan fingerprint density at radius 2 is 2.04 bits per heavy atom. The minimum Gasteiger partial charge on any atom is -0.504 e. The third kappa shape index (κ3) is 3.14. The van der Waals surface area contributed by atoms with Crippen LogP contribution in [0.25, 0.3) is 0 Å². The van der Waals surface area contributed by atoms with E-state index in [9.17, 15) is 15.0 Å². The van der Waals surface area contributed by atoms with Crippen molar-refractivity contribution in [1.82, 2.24) is 14.9 Å². The summed E-state index contributed by atoms with van der Waals surface area (Å²) in [6.07, 6.45) is 0.627. The molecule has 0 bridgehead atoms. The lowest BCUT2D eigenvalue weighted by Gasteiger charge is -2.29. The number of H-pyrrole nitrogens is 1. The Labute approximate surface area is 140 Å². The van der Waals surface area contributed by atoms with Crippen molar-refractivity contribution in [2.24, 2.45) is 0 Å². The molecule has 0 amide bonds. The number of nitrogens with zero attached hydrogens (tertiary/aromatic N) is 2. The van der Waals surface area contributed by atoms with Crippen molar-refractivity contribution in [3.05, 3.63) is 51.2 Å². The minimum atomic E-state index is -0.222. The van der Waals surface area contributed by atoms with Gasteiger partial charge in [0.2, 0.25) is 0 Å². The van der Waals surface area contributed by atoms with Gasteiger partial charge in [0, 0.05) is 36.2 Å². The van der Waals surface area contributed by atoms with Crippen LogP contribution in [0.2, 0.25) is 0 Å². The lowest BCUT2D eigenvalue weighted by atomic mass is 9.95. The Morgan fingerprint density at radius 3 is 2.75 bits per heavy atom. The first-order valence-electron chi connectivity index (χ1n) is 8.10. The number of phenols is 2. The van der Waals surface area contributed by atoms with Gasteiger partial charge in [-0.25, -0.2) is 4.98 Å². The Kier molecular flexibility index (Phi) is 4.09. The second kappa shape index (κ2) is 5.94. The van der Waals surface area contributed by atoms with E-state index in [4.69, 9.17) is 0 Å². The Hall–Kier alpha value is -2.34. The monoisotopic (exact) mass is 329 g/mol. The van der Waals surface area contributed by atoms with E-state index < -0.39 is 0 Å². The van der Waals surface area contributed by atoms with Crippen molar-refractivity contribution >= 4 is 0 Å². The van der Waals surface area contributed by atoms with Gasteiger partial charge in [-0.15, -0.1) is 0 Å². The molecule has 1 aromatic carbocycles. The molecule has 0 spiro atoms. The molecule has 2 heterocycles. The lowest BCUT2D eigenvalue weighted by molar-refractivity contribution is 0.235. The molecule has 128 valence electrons. The molecule has 0 saturated carbocycles. The fraction of sp³-hybridized carbons (Fsp3) is 0.444. The largest absolute Gasteiger partial charge is 0.504 e. The summed E-state index contributed by atoms with van der Waals surface area (Å²) in [7, 11) is 0. The molecular weight excluding hydrogens is 306 g/mol. The minimum absolute atomic E-state index is 0.0511. The maximum Gasteiger partial charge on any atom is 0.254 e. The molecule has 0 atom stereocenters. The average Bonchev–Trinajstić information content (AvgIpc) is 2.50.